The molecule has 174 valence electrons. The lowest BCUT2D eigenvalue weighted by atomic mass is 10.0. The molecule has 0 aliphatic heterocycles. The molecule has 0 aliphatic rings. The molecule has 7 heteroatoms. The largest absolute Gasteiger partial charge is 0.494 e. The van der Waals surface area contributed by atoms with Gasteiger partial charge in [0, 0.05) is 5.69 Å². The van der Waals surface area contributed by atoms with Crippen LogP contribution in [0.2, 0.25) is 0 Å². The number of hydrogen-bond donors (Lipinski definition) is 2. The summed E-state index contributed by atoms with van der Waals surface area (Å²) >= 11 is 0. The fourth-order valence-corrected chi connectivity index (χ4v) is 4.79. The number of hydrogen-bond acceptors (Lipinski definition) is 4. The van der Waals surface area contributed by atoms with Gasteiger partial charge in [0.05, 0.1) is 11.5 Å². The van der Waals surface area contributed by atoms with Gasteiger partial charge in [0.2, 0.25) is 15.9 Å². The number of carbonyl (C=O) groups is 1. The third-order valence-corrected chi connectivity index (χ3v) is 6.98. The van der Waals surface area contributed by atoms with Crippen LogP contribution in [0.25, 0.3) is 0 Å². The summed E-state index contributed by atoms with van der Waals surface area (Å²) in [5, 5.41) is 2.90. The van der Waals surface area contributed by atoms with Crippen LogP contribution in [0.3, 0.4) is 0 Å². The van der Waals surface area contributed by atoms with Crippen LogP contribution in [0.15, 0.2) is 71.6 Å². The molecule has 0 aromatic heterocycles. The van der Waals surface area contributed by atoms with Gasteiger partial charge in [0.1, 0.15) is 11.8 Å². The van der Waals surface area contributed by atoms with Crippen molar-refractivity contribution in [2.75, 3.05) is 11.9 Å². The van der Waals surface area contributed by atoms with Crippen molar-refractivity contribution >= 4 is 21.6 Å². The number of sulfonamides is 1. The first kappa shape index (κ1) is 24.5. The maximum Gasteiger partial charge on any atom is 0.242 e. The molecule has 3 aromatic carbocycles. The van der Waals surface area contributed by atoms with Crippen LogP contribution in [0, 0.1) is 20.8 Å². The summed E-state index contributed by atoms with van der Waals surface area (Å²) < 4.78 is 34.5. The van der Waals surface area contributed by atoms with E-state index in [0.29, 0.717) is 23.6 Å². The molecule has 0 saturated carbocycles. The molecule has 0 bridgehead atoms. The first-order valence-electron chi connectivity index (χ1n) is 10.9. The van der Waals surface area contributed by atoms with Gasteiger partial charge in [-0.15, -0.1) is 0 Å². The van der Waals surface area contributed by atoms with Gasteiger partial charge in [-0.1, -0.05) is 42.5 Å². The molecular formula is C26H30N2O4S. The van der Waals surface area contributed by atoms with E-state index in [4.69, 9.17) is 4.74 Å². The molecule has 0 unspecified atom stereocenters. The number of anilines is 1. The third kappa shape index (κ3) is 6.21. The maximum atomic E-state index is 13.2. The highest BCUT2D eigenvalue weighted by molar-refractivity contribution is 7.89. The number of carbonyl (C=O) groups excluding carboxylic acids is 1. The topological polar surface area (TPSA) is 84.5 Å². The summed E-state index contributed by atoms with van der Waals surface area (Å²) in [4.78, 5) is 13.3. The molecular weight excluding hydrogens is 436 g/mol. The summed E-state index contributed by atoms with van der Waals surface area (Å²) in [6.45, 7) is 8.03. The summed E-state index contributed by atoms with van der Waals surface area (Å²) in [5.41, 5.74) is 4.20. The van der Waals surface area contributed by atoms with E-state index in [9.17, 15) is 13.2 Å². The lowest BCUT2D eigenvalue weighted by Gasteiger charge is -2.20. The number of benzene rings is 3. The van der Waals surface area contributed by atoms with Gasteiger partial charge >= 0.3 is 0 Å². The molecule has 33 heavy (non-hydrogen) atoms. The summed E-state index contributed by atoms with van der Waals surface area (Å²) in [7, 11) is -3.96. The van der Waals surface area contributed by atoms with Gasteiger partial charge in [-0.3, -0.25) is 4.79 Å². The lowest BCUT2D eigenvalue weighted by Crippen LogP contribution is -2.45. The summed E-state index contributed by atoms with van der Waals surface area (Å²) in [5.74, 6) is 0.212. The van der Waals surface area contributed by atoms with Gasteiger partial charge in [-0.05, 0) is 80.6 Å². The molecule has 1 atom stereocenters. The Labute approximate surface area is 196 Å². The van der Waals surface area contributed by atoms with E-state index in [1.54, 1.807) is 19.1 Å². The Balaban J connectivity index is 1.89. The maximum absolute atomic E-state index is 13.2. The van der Waals surface area contributed by atoms with Crippen LogP contribution in [0.1, 0.15) is 29.2 Å². The fourth-order valence-electron chi connectivity index (χ4n) is 3.51. The van der Waals surface area contributed by atoms with E-state index in [1.165, 1.54) is 6.07 Å². The number of rotatable bonds is 9. The van der Waals surface area contributed by atoms with Crippen molar-refractivity contribution in [3.05, 3.63) is 89.0 Å². The van der Waals surface area contributed by atoms with Gasteiger partial charge in [-0.25, -0.2) is 8.42 Å². The molecule has 0 radical (unpaired) electrons. The average molecular weight is 467 g/mol. The molecule has 0 spiro atoms. The van der Waals surface area contributed by atoms with Crippen molar-refractivity contribution in [3.8, 4) is 5.75 Å². The molecule has 0 saturated heterocycles. The van der Waals surface area contributed by atoms with Gasteiger partial charge in [0.15, 0.2) is 0 Å². The minimum absolute atomic E-state index is 0.0843. The number of amides is 1. The predicted molar refractivity (Wildman–Crippen MR) is 131 cm³/mol. The van der Waals surface area contributed by atoms with E-state index in [-0.39, 0.29) is 11.3 Å². The second kappa shape index (κ2) is 10.6. The first-order chi connectivity index (χ1) is 15.7. The SMILES string of the molecule is CCOc1ccc(S(=O)(=O)N[C@H](Cc2ccccc2)C(=O)Nc2cccc(C)c2C)cc1C. The minimum atomic E-state index is -3.96. The normalized spacial score (nSPS) is 12.2. The van der Waals surface area contributed by atoms with E-state index in [2.05, 4.69) is 10.0 Å². The molecule has 1 amide bonds. The van der Waals surface area contributed by atoms with Gasteiger partial charge < -0.3 is 10.1 Å². The zero-order chi connectivity index (χ0) is 24.0. The summed E-state index contributed by atoms with van der Waals surface area (Å²) in [6.07, 6.45) is 0.215. The summed E-state index contributed by atoms with van der Waals surface area (Å²) in [6, 6.07) is 18.6. The van der Waals surface area contributed by atoms with Crippen LogP contribution in [0.5, 0.6) is 5.75 Å². The van der Waals surface area contributed by atoms with E-state index in [1.807, 2.05) is 69.3 Å². The van der Waals surface area contributed by atoms with Crippen molar-refractivity contribution in [1.82, 2.24) is 4.72 Å². The molecule has 3 rings (SSSR count). The Hall–Kier alpha value is -3.16. The second-order valence-electron chi connectivity index (χ2n) is 7.96. The number of aryl methyl sites for hydroxylation is 2. The standard InChI is InChI=1S/C26H30N2O4S/c1-5-32-25-15-14-22(16-19(25)3)33(30,31)28-24(17-21-11-7-6-8-12-21)26(29)27-23-13-9-10-18(2)20(23)4/h6-16,24,28H,5,17H2,1-4H3,(H,27,29)/t24-/m1/s1. The fraction of sp³-hybridized carbons (Fsp3) is 0.269. The zero-order valence-electron chi connectivity index (χ0n) is 19.4. The average Bonchev–Trinajstić information content (AvgIpc) is 2.78. The Morgan fingerprint density at radius 1 is 0.939 bits per heavy atom. The second-order valence-corrected chi connectivity index (χ2v) is 9.67. The van der Waals surface area contributed by atoms with Crippen LogP contribution < -0.4 is 14.8 Å². The van der Waals surface area contributed by atoms with Crippen molar-refractivity contribution in [1.29, 1.82) is 0 Å². The Morgan fingerprint density at radius 2 is 1.67 bits per heavy atom. The van der Waals surface area contributed by atoms with Gasteiger partial charge in [0.25, 0.3) is 0 Å². The van der Waals surface area contributed by atoms with E-state index >= 15 is 0 Å². The highest BCUT2D eigenvalue weighted by Crippen LogP contribution is 2.23. The van der Waals surface area contributed by atoms with Crippen molar-refractivity contribution < 1.29 is 17.9 Å². The van der Waals surface area contributed by atoms with E-state index < -0.39 is 22.0 Å². The van der Waals surface area contributed by atoms with Gasteiger partial charge in [-0.2, -0.15) is 4.72 Å². The van der Waals surface area contributed by atoms with Crippen LogP contribution in [-0.4, -0.2) is 27.0 Å². The smallest absolute Gasteiger partial charge is 0.242 e. The lowest BCUT2D eigenvalue weighted by molar-refractivity contribution is -0.117. The Bertz CT molecular complexity index is 1220. The van der Waals surface area contributed by atoms with Crippen LogP contribution in [-0.2, 0) is 21.2 Å². The highest BCUT2D eigenvalue weighted by atomic mass is 32.2. The predicted octanol–water partition coefficient (Wildman–Crippen LogP) is 4.54. The van der Waals surface area contributed by atoms with Crippen molar-refractivity contribution in [2.45, 2.75) is 45.1 Å². The first-order valence-corrected chi connectivity index (χ1v) is 12.4. The van der Waals surface area contributed by atoms with E-state index in [0.717, 1.165) is 16.7 Å². The third-order valence-electron chi connectivity index (χ3n) is 5.52. The quantitative estimate of drug-likeness (QED) is 0.485. The molecule has 6 nitrogen and oxygen atoms in total. The Kier molecular flexibility index (Phi) is 7.89. The highest BCUT2D eigenvalue weighted by Gasteiger charge is 2.27. The monoisotopic (exact) mass is 466 g/mol. The minimum Gasteiger partial charge on any atom is -0.494 e. The Morgan fingerprint density at radius 3 is 2.33 bits per heavy atom. The van der Waals surface area contributed by atoms with Crippen LogP contribution >= 0.6 is 0 Å². The molecule has 2 N–H and O–H groups in total. The number of nitrogens with one attached hydrogen (secondary N) is 2. The zero-order valence-corrected chi connectivity index (χ0v) is 20.2. The molecule has 0 aliphatic carbocycles. The molecule has 0 fully saturated rings. The molecule has 0 heterocycles. The van der Waals surface area contributed by atoms with Crippen LogP contribution in [0.4, 0.5) is 5.69 Å². The number of ether oxygens (including phenoxy) is 1. The van der Waals surface area contributed by atoms with Crippen molar-refractivity contribution in [3.63, 3.8) is 0 Å². The molecule has 3 aromatic rings. The van der Waals surface area contributed by atoms with Crippen molar-refractivity contribution in [2.24, 2.45) is 0 Å².